The van der Waals surface area contributed by atoms with Crippen LogP contribution < -0.4 is 9.64 Å². The molecule has 2 aliphatic carbocycles. The van der Waals surface area contributed by atoms with E-state index in [-0.39, 0.29) is 35.0 Å². The van der Waals surface area contributed by atoms with Crippen molar-refractivity contribution in [2.45, 2.75) is 19.3 Å². The van der Waals surface area contributed by atoms with Crippen LogP contribution in [0.5, 0.6) is 5.75 Å². The van der Waals surface area contributed by atoms with Gasteiger partial charge in [-0.2, -0.15) is 0 Å². The van der Waals surface area contributed by atoms with Gasteiger partial charge in [0.2, 0.25) is 11.8 Å². The molecule has 28 heavy (non-hydrogen) atoms. The second kappa shape index (κ2) is 6.45. The summed E-state index contributed by atoms with van der Waals surface area (Å²) in [6.07, 6.45) is 3.05. The first kappa shape index (κ1) is 17.4. The molecule has 5 nitrogen and oxygen atoms in total. The molecule has 0 aromatic heterocycles. The number of hydrogen-bond donors (Lipinski definition) is 0. The van der Waals surface area contributed by atoms with E-state index < -0.39 is 5.97 Å². The van der Waals surface area contributed by atoms with Crippen molar-refractivity contribution in [3.63, 3.8) is 0 Å². The second-order valence-corrected chi connectivity index (χ2v) is 8.17. The minimum absolute atomic E-state index is 0.126. The lowest BCUT2D eigenvalue weighted by Gasteiger charge is -2.19. The highest BCUT2D eigenvalue weighted by molar-refractivity contribution is 6.32. The summed E-state index contributed by atoms with van der Waals surface area (Å²) in [5.74, 6) is -0.310. The van der Waals surface area contributed by atoms with Gasteiger partial charge in [0, 0.05) is 0 Å². The van der Waals surface area contributed by atoms with Gasteiger partial charge in [0.1, 0.15) is 5.75 Å². The second-order valence-electron chi connectivity index (χ2n) is 7.77. The van der Waals surface area contributed by atoms with Crippen LogP contribution in [0.2, 0.25) is 5.02 Å². The Morgan fingerprint density at radius 1 is 0.964 bits per heavy atom. The summed E-state index contributed by atoms with van der Waals surface area (Å²) in [4.78, 5) is 39.8. The Morgan fingerprint density at radius 2 is 1.64 bits per heavy atom. The monoisotopic (exact) mass is 395 g/mol. The number of fused-ring (bicyclic) bond motifs is 5. The van der Waals surface area contributed by atoms with Crippen molar-refractivity contribution in [2.24, 2.45) is 23.7 Å². The molecule has 3 aliphatic rings. The van der Waals surface area contributed by atoms with Gasteiger partial charge < -0.3 is 4.74 Å². The molecule has 2 aromatic carbocycles. The number of amides is 2. The molecule has 1 heterocycles. The Balaban J connectivity index is 1.42. The molecule has 0 radical (unpaired) electrons. The van der Waals surface area contributed by atoms with Gasteiger partial charge in [0.25, 0.3) is 0 Å². The van der Waals surface area contributed by atoms with E-state index in [0.717, 1.165) is 19.3 Å². The summed E-state index contributed by atoms with van der Waals surface area (Å²) in [5.41, 5.74) is 0.690. The molecule has 6 heteroatoms. The maximum Gasteiger partial charge on any atom is 0.343 e. The molecule has 1 saturated heterocycles. The van der Waals surface area contributed by atoms with Crippen molar-refractivity contribution in [2.75, 3.05) is 4.90 Å². The predicted molar refractivity (Wildman–Crippen MR) is 103 cm³/mol. The van der Waals surface area contributed by atoms with Gasteiger partial charge in [-0.3, -0.25) is 14.5 Å². The Morgan fingerprint density at radius 3 is 2.32 bits per heavy atom. The standard InChI is InChI=1S/C22H18ClNO4/c23-16-6-1-2-7-17(16)28-22(27)14-4-3-5-15(11-14)24-20(25)18-12-8-9-13(10-12)19(18)21(24)26/h1-7,11-13,18-19H,8-10H2/t12-,13-,18-,19+/m0/s1. The van der Waals surface area contributed by atoms with Crippen molar-refractivity contribution in [3.05, 3.63) is 59.1 Å². The molecule has 2 saturated carbocycles. The molecule has 5 rings (SSSR count). The number of para-hydroxylation sites is 1. The molecule has 1 aliphatic heterocycles. The van der Waals surface area contributed by atoms with Gasteiger partial charge in [-0.05, 0) is 61.4 Å². The van der Waals surface area contributed by atoms with Crippen LogP contribution >= 0.6 is 11.6 Å². The Hall–Kier alpha value is -2.66. The molecule has 4 atom stereocenters. The maximum atomic E-state index is 13.0. The van der Waals surface area contributed by atoms with Crippen molar-refractivity contribution < 1.29 is 19.1 Å². The third kappa shape index (κ3) is 2.57. The summed E-state index contributed by atoms with van der Waals surface area (Å²) in [7, 11) is 0. The molecular formula is C22H18ClNO4. The van der Waals surface area contributed by atoms with E-state index in [2.05, 4.69) is 0 Å². The molecule has 142 valence electrons. The largest absolute Gasteiger partial charge is 0.421 e. The molecule has 0 spiro atoms. The van der Waals surface area contributed by atoms with E-state index in [0.29, 0.717) is 22.5 Å². The van der Waals surface area contributed by atoms with E-state index in [9.17, 15) is 14.4 Å². The summed E-state index contributed by atoms with van der Waals surface area (Å²) in [6, 6.07) is 13.2. The Kier molecular flexibility index (Phi) is 4.02. The topological polar surface area (TPSA) is 63.7 Å². The van der Waals surface area contributed by atoms with Crippen LogP contribution in [0.3, 0.4) is 0 Å². The van der Waals surface area contributed by atoms with Gasteiger partial charge in [-0.15, -0.1) is 0 Å². The molecule has 0 unspecified atom stereocenters. The van der Waals surface area contributed by atoms with E-state index in [4.69, 9.17) is 16.3 Å². The lowest BCUT2D eigenvalue weighted by atomic mass is 9.81. The molecule has 3 fully saturated rings. The van der Waals surface area contributed by atoms with E-state index in [1.54, 1.807) is 42.5 Å². The first-order valence-corrected chi connectivity index (χ1v) is 9.87. The quantitative estimate of drug-likeness (QED) is 0.446. The zero-order valence-electron chi connectivity index (χ0n) is 15.0. The summed E-state index contributed by atoms with van der Waals surface area (Å²) >= 11 is 6.04. The van der Waals surface area contributed by atoms with Crippen LogP contribution in [0, 0.1) is 23.7 Å². The van der Waals surface area contributed by atoms with Crippen molar-refractivity contribution in [1.82, 2.24) is 0 Å². The number of rotatable bonds is 3. The third-order valence-corrected chi connectivity index (χ3v) is 6.62. The van der Waals surface area contributed by atoms with Crippen LogP contribution in [0.25, 0.3) is 0 Å². The Bertz CT molecular complexity index is 976. The van der Waals surface area contributed by atoms with Gasteiger partial charge in [0.05, 0.1) is 28.1 Å². The Labute approximate surface area is 167 Å². The number of carbonyl (C=O) groups excluding carboxylic acids is 3. The number of carbonyl (C=O) groups is 3. The smallest absolute Gasteiger partial charge is 0.343 e. The summed E-state index contributed by atoms with van der Waals surface area (Å²) in [6.45, 7) is 0. The van der Waals surface area contributed by atoms with E-state index in [1.807, 2.05) is 0 Å². The van der Waals surface area contributed by atoms with Crippen LogP contribution in [-0.2, 0) is 9.59 Å². The van der Waals surface area contributed by atoms with E-state index in [1.165, 1.54) is 11.0 Å². The molecule has 2 bridgehead atoms. The fourth-order valence-corrected chi connectivity index (χ4v) is 5.30. The van der Waals surface area contributed by atoms with Crippen LogP contribution in [0.1, 0.15) is 29.6 Å². The molecule has 0 N–H and O–H groups in total. The first-order chi connectivity index (χ1) is 13.5. The van der Waals surface area contributed by atoms with Gasteiger partial charge in [-0.25, -0.2) is 4.79 Å². The molecule has 2 aromatic rings. The highest BCUT2D eigenvalue weighted by Gasteiger charge is 2.61. The van der Waals surface area contributed by atoms with Crippen LogP contribution in [-0.4, -0.2) is 17.8 Å². The number of benzene rings is 2. The minimum Gasteiger partial charge on any atom is -0.421 e. The third-order valence-electron chi connectivity index (χ3n) is 6.31. The average molecular weight is 396 g/mol. The lowest BCUT2D eigenvalue weighted by molar-refractivity contribution is -0.123. The SMILES string of the molecule is O=C(Oc1ccccc1Cl)c1cccc(N2C(=O)[C@@H]3[C@H]4CC[C@@H](C4)[C@@H]3C2=O)c1. The van der Waals surface area contributed by atoms with Gasteiger partial charge in [0.15, 0.2) is 0 Å². The number of esters is 1. The number of anilines is 1. The zero-order chi connectivity index (χ0) is 19.4. The van der Waals surface area contributed by atoms with E-state index >= 15 is 0 Å². The summed E-state index contributed by atoms with van der Waals surface area (Å²) < 4.78 is 5.36. The fraction of sp³-hybridized carbons (Fsp3) is 0.318. The number of imide groups is 1. The highest BCUT2D eigenvalue weighted by Crippen LogP contribution is 2.56. The summed E-state index contributed by atoms with van der Waals surface area (Å²) in [5, 5.41) is 0.334. The number of ether oxygens (including phenoxy) is 1. The van der Waals surface area contributed by atoms with Crippen LogP contribution in [0.15, 0.2) is 48.5 Å². The van der Waals surface area contributed by atoms with Crippen LogP contribution in [0.4, 0.5) is 5.69 Å². The highest BCUT2D eigenvalue weighted by atomic mass is 35.5. The van der Waals surface area contributed by atoms with Crippen molar-refractivity contribution in [1.29, 1.82) is 0 Å². The van der Waals surface area contributed by atoms with Gasteiger partial charge >= 0.3 is 5.97 Å². The van der Waals surface area contributed by atoms with Gasteiger partial charge in [-0.1, -0.05) is 29.8 Å². The number of hydrogen-bond acceptors (Lipinski definition) is 4. The first-order valence-electron chi connectivity index (χ1n) is 9.49. The lowest BCUT2D eigenvalue weighted by Crippen LogP contribution is -2.32. The molecule has 2 amide bonds. The number of halogens is 1. The predicted octanol–water partition coefficient (Wildman–Crippen LogP) is 4.09. The minimum atomic E-state index is -0.589. The average Bonchev–Trinajstić information content (AvgIpc) is 3.37. The fourth-order valence-electron chi connectivity index (χ4n) is 5.12. The normalized spacial score (nSPS) is 28.0. The number of nitrogens with zero attached hydrogens (tertiary/aromatic N) is 1. The molecular weight excluding hydrogens is 378 g/mol. The maximum absolute atomic E-state index is 13.0. The van der Waals surface area contributed by atoms with Crippen molar-refractivity contribution in [3.8, 4) is 5.75 Å². The van der Waals surface area contributed by atoms with Crippen molar-refractivity contribution >= 4 is 35.1 Å². The zero-order valence-corrected chi connectivity index (χ0v) is 15.8.